The van der Waals surface area contributed by atoms with Crippen LogP contribution in [0, 0.1) is 6.92 Å². The molecule has 0 aliphatic rings. The minimum absolute atomic E-state index is 0.0143. The second kappa shape index (κ2) is 9.90. The van der Waals surface area contributed by atoms with Crippen LogP contribution in [0.2, 0.25) is 0 Å². The van der Waals surface area contributed by atoms with Gasteiger partial charge in [0.1, 0.15) is 12.4 Å². The molecule has 0 unspecified atom stereocenters. The molecule has 2 aromatic carbocycles. The zero-order valence-corrected chi connectivity index (χ0v) is 16.2. The van der Waals surface area contributed by atoms with E-state index in [1.165, 1.54) is 4.88 Å². The minimum Gasteiger partial charge on any atom is -0.492 e. The highest BCUT2D eigenvalue weighted by molar-refractivity contribution is 7.10. The third kappa shape index (κ3) is 5.94. The fourth-order valence-electron chi connectivity index (χ4n) is 2.81. The van der Waals surface area contributed by atoms with Crippen molar-refractivity contribution in [2.24, 2.45) is 0 Å². The average molecular weight is 381 g/mol. The largest absolute Gasteiger partial charge is 0.492 e. The molecule has 1 heterocycles. The lowest BCUT2D eigenvalue weighted by molar-refractivity contribution is -0.120. The Morgan fingerprint density at radius 3 is 2.67 bits per heavy atom. The van der Waals surface area contributed by atoms with Crippen LogP contribution in [-0.4, -0.2) is 25.6 Å². The number of carbonyl (C=O) groups is 1. The van der Waals surface area contributed by atoms with Crippen molar-refractivity contribution in [1.82, 2.24) is 10.6 Å². The Morgan fingerprint density at radius 2 is 1.93 bits per heavy atom. The molecule has 3 rings (SSSR count). The van der Waals surface area contributed by atoms with E-state index in [1.807, 2.05) is 55.5 Å². The third-order valence-corrected chi connectivity index (χ3v) is 5.05. The van der Waals surface area contributed by atoms with Crippen LogP contribution < -0.4 is 15.4 Å². The van der Waals surface area contributed by atoms with E-state index in [2.05, 4.69) is 34.2 Å². The van der Waals surface area contributed by atoms with E-state index in [1.54, 1.807) is 11.3 Å². The normalized spacial score (nSPS) is 11.7. The van der Waals surface area contributed by atoms with Crippen molar-refractivity contribution < 1.29 is 9.53 Å². The predicted molar refractivity (Wildman–Crippen MR) is 110 cm³/mol. The van der Waals surface area contributed by atoms with Gasteiger partial charge in [-0.25, -0.2) is 0 Å². The van der Waals surface area contributed by atoms with E-state index in [9.17, 15) is 4.79 Å². The number of nitrogens with one attached hydrogen (secondary N) is 2. The summed E-state index contributed by atoms with van der Waals surface area (Å²) in [6, 6.07) is 22.2. The van der Waals surface area contributed by atoms with Crippen LogP contribution in [0.1, 0.15) is 22.0 Å². The number of aryl methyl sites for hydroxylation is 1. The molecule has 2 N–H and O–H groups in total. The van der Waals surface area contributed by atoms with Crippen molar-refractivity contribution in [2.75, 3.05) is 19.7 Å². The number of benzene rings is 2. The Bertz CT molecular complexity index is 835. The lowest BCUT2D eigenvalue weighted by Crippen LogP contribution is -2.37. The Hall–Kier alpha value is -2.63. The van der Waals surface area contributed by atoms with Crippen LogP contribution in [0.4, 0.5) is 0 Å². The van der Waals surface area contributed by atoms with Crippen LogP contribution >= 0.6 is 11.3 Å². The molecule has 4 nitrogen and oxygen atoms in total. The zero-order chi connectivity index (χ0) is 18.9. The zero-order valence-electron chi connectivity index (χ0n) is 15.4. The number of ether oxygens (including phenoxy) is 1. The molecule has 3 aromatic rings. The number of hydrogen-bond donors (Lipinski definition) is 2. The first-order valence-electron chi connectivity index (χ1n) is 9.00. The van der Waals surface area contributed by atoms with Gasteiger partial charge in [0.15, 0.2) is 0 Å². The number of amides is 1. The quantitative estimate of drug-likeness (QED) is 0.553. The van der Waals surface area contributed by atoms with Gasteiger partial charge in [-0.1, -0.05) is 48.5 Å². The first-order valence-corrected chi connectivity index (χ1v) is 9.88. The number of carbonyl (C=O) groups excluding carboxylic acids is 1. The molecule has 0 saturated heterocycles. The van der Waals surface area contributed by atoms with Crippen LogP contribution in [0.3, 0.4) is 0 Å². The van der Waals surface area contributed by atoms with E-state index >= 15 is 0 Å². The third-order valence-electron chi connectivity index (χ3n) is 4.11. The summed E-state index contributed by atoms with van der Waals surface area (Å²) < 4.78 is 5.66. The molecule has 0 spiro atoms. The second-order valence-electron chi connectivity index (χ2n) is 6.25. The highest BCUT2D eigenvalue weighted by atomic mass is 32.1. The molecule has 0 aliphatic heterocycles. The van der Waals surface area contributed by atoms with Crippen molar-refractivity contribution in [3.63, 3.8) is 0 Å². The van der Waals surface area contributed by atoms with Crippen LogP contribution in [0.25, 0.3) is 0 Å². The number of hydrogen-bond acceptors (Lipinski definition) is 4. The summed E-state index contributed by atoms with van der Waals surface area (Å²) in [6.07, 6.45) is 0. The molecule has 0 bridgehead atoms. The van der Waals surface area contributed by atoms with Gasteiger partial charge >= 0.3 is 0 Å². The Labute approximate surface area is 164 Å². The summed E-state index contributed by atoms with van der Waals surface area (Å²) in [5.41, 5.74) is 2.30. The Kier molecular flexibility index (Phi) is 7.02. The van der Waals surface area contributed by atoms with E-state index in [0.717, 1.165) is 16.9 Å². The van der Waals surface area contributed by atoms with Crippen LogP contribution in [-0.2, 0) is 4.79 Å². The van der Waals surface area contributed by atoms with Crippen molar-refractivity contribution in [1.29, 1.82) is 0 Å². The van der Waals surface area contributed by atoms with E-state index in [4.69, 9.17) is 4.74 Å². The summed E-state index contributed by atoms with van der Waals surface area (Å²) in [5, 5.41) is 8.31. The van der Waals surface area contributed by atoms with Gasteiger partial charge in [0.2, 0.25) is 5.91 Å². The van der Waals surface area contributed by atoms with Crippen molar-refractivity contribution in [2.45, 2.75) is 13.0 Å². The SMILES string of the molecule is Cc1cccc(OCCNC(=O)CN[C@@H](c2ccccc2)c2cccs2)c1. The van der Waals surface area contributed by atoms with Gasteiger partial charge in [-0.05, 0) is 41.6 Å². The molecular weight excluding hydrogens is 356 g/mol. The summed E-state index contributed by atoms with van der Waals surface area (Å²) >= 11 is 1.68. The van der Waals surface area contributed by atoms with Gasteiger partial charge in [0.25, 0.3) is 0 Å². The van der Waals surface area contributed by atoms with Gasteiger partial charge in [-0.15, -0.1) is 11.3 Å². The average Bonchev–Trinajstić information content (AvgIpc) is 3.21. The Morgan fingerprint density at radius 1 is 1.07 bits per heavy atom. The first kappa shape index (κ1) is 19.1. The molecule has 140 valence electrons. The predicted octanol–water partition coefficient (Wildman–Crippen LogP) is 3.93. The van der Waals surface area contributed by atoms with Crippen LogP contribution in [0.5, 0.6) is 5.75 Å². The number of thiophene rings is 1. The molecule has 0 radical (unpaired) electrons. The minimum atomic E-state index is -0.0414. The van der Waals surface area contributed by atoms with E-state index in [0.29, 0.717) is 13.2 Å². The summed E-state index contributed by atoms with van der Waals surface area (Å²) in [6.45, 7) is 3.20. The fourth-order valence-corrected chi connectivity index (χ4v) is 3.63. The van der Waals surface area contributed by atoms with Crippen LogP contribution in [0.15, 0.2) is 72.1 Å². The molecule has 1 aromatic heterocycles. The molecule has 5 heteroatoms. The molecule has 1 amide bonds. The topological polar surface area (TPSA) is 50.4 Å². The maximum atomic E-state index is 12.2. The van der Waals surface area contributed by atoms with Gasteiger partial charge < -0.3 is 10.1 Å². The van der Waals surface area contributed by atoms with E-state index in [-0.39, 0.29) is 18.5 Å². The van der Waals surface area contributed by atoms with Gasteiger partial charge in [-0.3, -0.25) is 10.1 Å². The lowest BCUT2D eigenvalue weighted by atomic mass is 10.1. The number of rotatable bonds is 9. The Balaban J connectivity index is 1.45. The highest BCUT2D eigenvalue weighted by Crippen LogP contribution is 2.25. The van der Waals surface area contributed by atoms with Gasteiger partial charge in [0, 0.05) is 4.88 Å². The summed E-state index contributed by atoms with van der Waals surface area (Å²) in [5.74, 6) is 0.782. The monoisotopic (exact) mass is 380 g/mol. The highest BCUT2D eigenvalue weighted by Gasteiger charge is 2.15. The second-order valence-corrected chi connectivity index (χ2v) is 7.23. The van der Waals surface area contributed by atoms with Crippen molar-refractivity contribution >= 4 is 17.2 Å². The molecule has 0 aliphatic carbocycles. The van der Waals surface area contributed by atoms with Gasteiger partial charge in [-0.2, -0.15) is 0 Å². The lowest BCUT2D eigenvalue weighted by Gasteiger charge is -2.18. The molecule has 0 saturated carbocycles. The molecule has 1 atom stereocenters. The van der Waals surface area contributed by atoms with Crippen molar-refractivity contribution in [3.8, 4) is 5.75 Å². The summed E-state index contributed by atoms with van der Waals surface area (Å²) in [7, 11) is 0. The maximum absolute atomic E-state index is 12.2. The van der Waals surface area contributed by atoms with E-state index < -0.39 is 0 Å². The fraction of sp³-hybridized carbons (Fsp3) is 0.227. The van der Waals surface area contributed by atoms with Gasteiger partial charge in [0.05, 0.1) is 19.1 Å². The first-order chi connectivity index (χ1) is 13.2. The smallest absolute Gasteiger partial charge is 0.234 e. The standard InChI is InChI=1S/C22H24N2O2S/c1-17-7-5-10-19(15-17)26-13-12-23-21(25)16-24-22(20-11-6-14-27-20)18-8-3-2-4-9-18/h2-11,14-15,22,24H,12-13,16H2,1H3,(H,23,25)/t22-/m0/s1. The molecular formula is C22H24N2O2S. The summed E-state index contributed by atoms with van der Waals surface area (Å²) in [4.78, 5) is 13.4. The van der Waals surface area contributed by atoms with Crippen molar-refractivity contribution in [3.05, 3.63) is 88.1 Å². The molecule has 0 fully saturated rings. The maximum Gasteiger partial charge on any atom is 0.234 e. The molecule has 27 heavy (non-hydrogen) atoms.